The molecule has 0 saturated carbocycles. The molecule has 2 aromatic heterocycles. The summed E-state index contributed by atoms with van der Waals surface area (Å²) in [5.74, 6) is -0.00919. The molecule has 2 fully saturated rings. The summed E-state index contributed by atoms with van der Waals surface area (Å²) < 4.78 is 7.15. The molecule has 0 aromatic carbocycles. The Morgan fingerprint density at radius 1 is 1.19 bits per heavy atom. The van der Waals surface area contributed by atoms with E-state index in [0.717, 1.165) is 30.9 Å². The monoisotopic (exact) mass is 373 g/mol. The molecule has 8 heteroatoms. The normalized spacial score (nSPS) is 24.5. The lowest BCUT2D eigenvalue weighted by atomic mass is 10.2. The number of carbonyl (C=O) groups excluding carboxylic acids is 1. The number of hydrogen-bond acceptors (Lipinski definition) is 6. The van der Waals surface area contributed by atoms with Crippen molar-refractivity contribution in [2.24, 2.45) is 0 Å². The quantitative estimate of drug-likeness (QED) is 0.828. The molecule has 1 N–H and O–H groups in total. The second-order valence-corrected chi connectivity index (χ2v) is 7.59. The molecule has 2 saturated heterocycles. The standard InChI is InChI=1S/C19H27N5O3/c1-12-9-13(2)24-18(20-12)17(14(3)21-24)19(26)23-6-4-5-22(7-8-23)15-10-27-11-16(15)25/h9,15-16,25H,4-8,10-11H2,1-3H3/t15-,16-/m0/s1. The van der Waals surface area contributed by atoms with E-state index in [1.165, 1.54) is 0 Å². The highest BCUT2D eigenvalue weighted by atomic mass is 16.5. The largest absolute Gasteiger partial charge is 0.389 e. The van der Waals surface area contributed by atoms with Gasteiger partial charge in [-0.05, 0) is 33.3 Å². The van der Waals surface area contributed by atoms with Crippen LogP contribution >= 0.6 is 0 Å². The molecule has 0 radical (unpaired) electrons. The number of amides is 1. The maximum absolute atomic E-state index is 13.3. The van der Waals surface area contributed by atoms with Crippen molar-refractivity contribution in [3.05, 3.63) is 28.7 Å². The minimum atomic E-state index is -0.440. The topological polar surface area (TPSA) is 83.2 Å². The number of aryl methyl sites for hydroxylation is 3. The Hall–Kier alpha value is -2.03. The predicted molar refractivity (Wildman–Crippen MR) is 99.9 cm³/mol. The lowest BCUT2D eigenvalue weighted by Crippen LogP contribution is -2.45. The molecule has 2 aromatic rings. The van der Waals surface area contributed by atoms with Gasteiger partial charge in [-0.25, -0.2) is 9.50 Å². The molecule has 0 bridgehead atoms. The summed E-state index contributed by atoms with van der Waals surface area (Å²) in [6.45, 7) is 9.65. The number of hydrogen-bond donors (Lipinski definition) is 1. The molecule has 0 aliphatic carbocycles. The van der Waals surface area contributed by atoms with Crippen molar-refractivity contribution in [1.29, 1.82) is 0 Å². The van der Waals surface area contributed by atoms with Gasteiger partial charge in [-0.15, -0.1) is 0 Å². The van der Waals surface area contributed by atoms with Gasteiger partial charge in [0, 0.05) is 37.6 Å². The Bertz CT molecular complexity index is 865. The number of aromatic nitrogens is 3. The van der Waals surface area contributed by atoms with E-state index in [4.69, 9.17) is 4.74 Å². The highest BCUT2D eigenvalue weighted by molar-refractivity contribution is 6.01. The summed E-state index contributed by atoms with van der Waals surface area (Å²) in [5.41, 5.74) is 3.79. The number of rotatable bonds is 2. The van der Waals surface area contributed by atoms with E-state index in [0.29, 0.717) is 43.2 Å². The zero-order chi connectivity index (χ0) is 19.1. The fourth-order valence-corrected chi connectivity index (χ4v) is 4.19. The van der Waals surface area contributed by atoms with Crippen molar-refractivity contribution >= 4 is 11.6 Å². The lowest BCUT2D eigenvalue weighted by Gasteiger charge is -2.28. The molecule has 2 aliphatic heterocycles. The molecule has 27 heavy (non-hydrogen) atoms. The van der Waals surface area contributed by atoms with Crippen LogP contribution in [0.15, 0.2) is 6.07 Å². The molecular weight excluding hydrogens is 346 g/mol. The van der Waals surface area contributed by atoms with Crippen LogP contribution in [0.1, 0.15) is 33.9 Å². The third-order valence-corrected chi connectivity index (χ3v) is 5.59. The van der Waals surface area contributed by atoms with Gasteiger partial charge < -0.3 is 14.7 Å². The molecule has 4 rings (SSSR count). The van der Waals surface area contributed by atoms with Crippen LogP contribution in [0.5, 0.6) is 0 Å². The van der Waals surface area contributed by atoms with Crippen LogP contribution in [-0.4, -0.2) is 87.0 Å². The lowest BCUT2D eigenvalue weighted by molar-refractivity contribution is 0.0726. The Morgan fingerprint density at radius 2 is 2.00 bits per heavy atom. The molecule has 0 spiro atoms. The highest BCUT2D eigenvalue weighted by Gasteiger charge is 2.34. The van der Waals surface area contributed by atoms with Crippen LogP contribution in [0.25, 0.3) is 5.65 Å². The van der Waals surface area contributed by atoms with Gasteiger partial charge in [0.05, 0.1) is 31.1 Å². The van der Waals surface area contributed by atoms with Crippen LogP contribution < -0.4 is 0 Å². The van der Waals surface area contributed by atoms with Crippen LogP contribution in [0.4, 0.5) is 0 Å². The van der Waals surface area contributed by atoms with Gasteiger partial charge >= 0.3 is 0 Å². The summed E-state index contributed by atoms with van der Waals surface area (Å²) >= 11 is 0. The van der Waals surface area contributed by atoms with Crippen LogP contribution in [0.3, 0.4) is 0 Å². The number of fused-ring (bicyclic) bond motifs is 1. The summed E-state index contributed by atoms with van der Waals surface area (Å²) in [4.78, 5) is 22.0. The first-order valence-electron chi connectivity index (χ1n) is 9.58. The van der Waals surface area contributed by atoms with E-state index in [9.17, 15) is 9.90 Å². The molecule has 2 atom stereocenters. The summed E-state index contributed by atoms with van der Waals surface area (Å²) in [6, 6.07) is 2.00. The number of aliphatic hydroxyl groups excluding tert-OH is 1. The van der Waals surface area contributed by atoms with Crippen molar-refractivity contribution < 1.29 is 14.6 Å². The van der Waals surface area contributed by atoms with Crippen molar-refractivity contribution in [3.8, 4) is 0 Å². The van der Waals surface area contributed by atoms with Crippen molar-refractivity contribution in [2.45, 2.75) is 39.3 Å². The molecule has 2 aliphatic rings. The van der Waals surface area contributed by atoms with E-state index in [2.05, 4.69) is 15.0 Å². The molecular formula is C19H27N5O3. The molecule has 1 amide bonds. The number of carbonyl (C=O) groups is 1. The van der Waals surface area contributed by atoms with E-state index in [1.54, 1.807) is 4.52 Å². The number of aliphatic hydroxyl groups is 1. The van der Waals surface area contributed by atoms with Gasteiger partial charge in [-0.2, -0.15) is 5.10 Å². The van der Waals surface area contributed by atoms with Crippen LogP contribution in [0, 0.1) is 20.8 Å². The number of ether oxygens (including phenoxy) is 1. The SMILES string of the molecule is Cc1cc(C)n2nc(C)c(C(=O)N3CCCN([C@H]4COC[C@@H]4O)CC3)c2n1. The maximum atomic E-state index is 13.3. The average Bonchev–Trinajstić information content (AvgIpc) is 3.08. The third-order valence-electron chi connectivity index (χ3n) is 5.59. The molecule has 8 nitrogen and oxygen atoms in total. The van der Waals surface area contributed by atoms with Gasteiger partial charge in [-0.3, -0.25) is 9.69 Å². The summed E-state index contributed by atoms with van der Waals surface area (Å²) in [6.07, 6.45) is 0.433. The smallest absolute Gasteiger partial charge is 0.259 e. The van der Waals surface area contributed by atoms with Crippen molar-refractivity contribution in [2.75, 3.05) is 39.4 Å². The predicted octanol–water partition coefficient (Wildman–Crippen LogP) is 0.562. The zero-order valence-electron chi connectivity index (χ0n) is 16.2. The molecule has 146 valence electrons. The number of nitrogens with zero attached hydrogens (tertiary/aromatic N) is 5. The second-order valence-electron chi connectivity index (χ2n) is 7.59. The fraction of sp³-hybridized carbons (Fsp3) is 0.632. The highest BCUT2D eigenvalue weighted by Crippen LogP contribution is 2.21. The first-order valence-corrected chi connectivity index (χ1v) is 9.58. The van der Waals surface area contributed by atoms with Crippen molar-refractivity contribution in [3.63, 3.8) is 0 Å². The van der Waals surface area contributed by atoms with Gasteiger partial charge in [0.15, 0.2) is 5.65 Å². The van der Waals surface area contributed by atoms with Gasteiger partial charge in [0.1, 0.15) is 5.56 Å². The van der Waals surface area contributed by atoms with Crippen LogP contribution in [0.2, 0.25) is 0 Å². The van der Waals surface area contributed by atoms with Gasteiger partial charge in [0.25, 0.3) is 5.91 Å². The van der Waals surface area contributed by atoms with Crippen molar-refractivity contribution in [1.82, 2.24) is 24.4 Å². The fourth-order valence-electron chi connectivity index (χ4n) is 4.19. The minimum Gasteiger partial charge on any atom is -0.389 e. The third kappa shape index (κ3) is 3.33. The Labute approximate surface area is 158 Å². The first kappa shape index (κ1) is 18.3. The van der Waals surface area contributed by atoms with Gasteiger partial charge in [0.2, 0.25) is 0 Å². The Balaban J connectivity index is 1.57. The van der Waals surface area contributed by atoms with Crippen LogP contribution in [-0.2, 0) is 4.74 Å². The van der Waals surface area contributed by atoms with E-state index in [1.807, 2.05) is 31.7 Å². The Morgan fingerprint density at radius 3 is 2.74 bits per heavy atom. The molecule has 0 unspecified atom stereocenters. The van der Waals surface area contributed by atoms with Gasteiger partial charge in [-0.1, -0.05) is 0 Å². The first-order chi connectivity index (χ1) is 13.0. The summed E-state index contributed by atoms with van der Waals surface area (Å²) in [5, 5.41) is 14.6. The summed E-state index contributed by atoms with van der Waals surface area (Å²) in [7, 11) is 0. The molecule has 4 heterocycles. The minimum absolute atomic E-state index is 0.00919. The average molecular weight is 373 g/mol. The van der Waals surface area contributed by atoms with E-state index >= 15 is 0 Å². The second kappa shape index (κ2) is 7.18. The van der Waals surface area contributed by atoms with E-state index in [-0.39, 0.29) is 11.9 Å². The Kier molecular flexibility index (Phi) is 4.88. The zero-order valence-corrected chi connectivity index (χ0v) is 16.2. The van der Waals surface area contributed by atoms with E-state index < -0.39 is 6.10 Å². The maximum Gasteiger partial charge on any atom is 0.259 e.